The molecular formula is C111H200O39. The number of hydrogen-bond acceptors (Lipinski definition) is 37. The van der Waals surface area contributed by atoms with Gasteiger partial charge in [-0.3, -0.25) is 28.8 Å². The van der Waals surface area contributed by atoms with E-state index in [2.05, 4.69) is 76.2 Å². The Balaban J connectivity index is 0.000000332. The van der Waals surface area contributed by atoms with Crippen LogP contribution < -0.4 is 0 Å². The lowest BCUT2D eigenvalue weighted by Gasteiger charge is -2.44. The van der Waals surface area contributed by atoms with E-state index in [0.29, 0.717) is 141 Å². The third kappa shape index (κ3) is 40.0. The number of aliphatic hydroxyl groups is 18. The minimum atomic E-state index is -1.90. The number of carbonyl (C=O) groups is 6. The Hall–Kier alpha value is -4.10. The maximum Gasteiger partial charge on any atom is 0.311 e. The highest BCUT2D eigenvalue weighted by atomic mass is 16.8. The molecule has 4 heterocycles. The average Bonchev–Trinajstić information content (AvgIpc) is 1.67. The Morgan fingerprint density at radius 1 is 0.293 bits per heavy atom. The molecule has 39 nitrogen and oxygen atoms in total. The van der Waals surface area contributed by atoms with Gasteiger partial charge < -0.3 is 164 Å². The number of ether oxygens (including phenoxy) is 13. The Morgan fingerprint density at radius 3 is 0.820 bits per heavy atom. The number of rotatable bonds is 66. The van der Waals surface area contributed by atoms with Crippen LogP contribution in [0.1, 0.15) is 304 Å². The van der Waals surface area contributed by atoms with Crippen LogP contribution in [0.15, 0.2) is 0 Å². The van der Waals surface area contributed by atoms with Crippen LogP contribution in [0.2, 0.25) is 0 Å². The summed E-state index contributed by atoms with van der Waals surface area (Å²) in [5, 5.41) is 206. The highest BCUT2D eigenvalue weighted by molar-refractivity contribution is 5.80. The number of aliphatic carboxylic acids is 2. The second-order valence-corrected chi connectivity index (χ2v) is 45.6. The first-order valence-corrected chi connectivity index (χ1v) is 56.7. The van der Waals surface area contributed by atoms with Crippen molar-refractivity contribution in [2.45, 2.75) is 482 Å². The summed E-state index contributed by atoms with van der Waals surface area (Å²) in [5.41, 5.74) is 0. The van der Waals surface area contributed by atoms with Gasteiger partial charge in [-0.2, -0.15) is 0 Å². The number of methoxy groups -OCH3 is 4. The normalized spacial score (nSPS) is 35.1. The summed E-state index contributed by atoms with van der Waals surface area (Å²) in [6.45, 7) is 32.3. The molecule has 0 bridgehead atoms. The van der Waals surface area contributed by atoms with Crippen molar-refractivity contribution in [2.24, 2.45) is 130 Å². The van der Waals surface area contributed by atoms with E-state index in [0.717, 1.165) is 109 Å². The van der Waals surface area contributed by atoms with Gasteiger partial charge in [-0.1, -0.05) is 143 Å². The van der Waals surface area contributed by atoms with Gasteiger partial charge in [-0.15, -0.1) is 0 Å². The zero-order valence-corrected chi connectivity index (χ0v) is 93.5. The van der Waals surface area contributed by atoms with Crippen LogP contribution in [0.3, 0.4) is 0 Å². The molecule has 5 saturated carbocycles. The molecule has 0 amide bonds. The lowest BCUT2D eigenvalue weighted by atomic mass is 9.90. The zero-order chi connectivity index (χ0) is 112. The first kappa shape index (κ1) is 135. The maximum atomic E-state index is 13.2. The second kappa shape index (κ2) is 66.2. The van der Waals surface area contributed by atoms with E-state index in [1.54, 1.807) is 49.0 Å². The molecule has 4 saturated heterocycles. The van der Waals surface area contributed by atoms with Crippen molar-refractivity contribution in [2.75, 3.05) is 54.9 Å². The van der Waals surface area contributed by atoms with Gasteiger partial charge in [0.15, 0.2) is 25.2 Å². The van der Waals surface area contributed by atoms with Gasteiger partial charge in [-0.05, 0) is 249 Å². The molecule has 24 unspecified atom stereocenters. The first-order chi connectivity index (χ1) is 71.0. The van der Waals surface area contributed by atoms with Crippen molar-refractivity contribution in [1.82, 2.24) is 0 Å². The Kier molecular flexibility index (Phi) is 59.4. The van der Waals surface area contributed by atoms with Crippen molar-refractivity contribution >= 4 is 35.6 Å². The summed E-state index contributed by atoms with van der Waals surface area (Å²) in [6.07, 6.45) is -14.5. The van der Waals surface area contributed by atoms with Gasteiger partial charge >= 0.3 is 29.8 Å². The Morgan fingerprint density at radius 2 is 0.560 bits per heavy atom. The molecule has 9 rings (SSSR count). The number of Topliss-reactive ketones (excluding diaryl/α,β-unsaturated/α-hetero) is 1. The molecule has 51 atom stereocenters. The van der Waals surface area contributed by atoms with Gasteiger partial charge in [0.1, 0.15) is 123 Å². The van der Waals surface area contributed by atoms with Gasteiger partial charge in [-0.25, -0.2) is 0 Å². The molecule has 5 aliphatic carbocycles. The van der Waals surface area contributed by atoms with Gasteiger partial charge in [0.05, 0.1) is 91.1 Å². The van der Waals surface area contributed by atoms with E-state index in [9.17, 15) is 121 Å². The maximum absolute atomic E-state index is 13.2. The van der Waals surface area contributed by atoms with E-state index in [1.165, 1.54) is 12.8 Å². The molecule has 0 aromatic carbocycles. The van der Waals surface area contributed by atoms with Gasteiger partial charge in [0.25, 0.3) is 0 Å². The van der Waals surface area contributed by atoms with Gasteiger partial charge in [0.2, 0.25) is 0 Å². The standard InChI is InChI=1S/C44H78O17.C28H50O14.C20H38O4.C19H34O4/c1-9-21(5)31(55-7)17-25-13-23(25)15-29(45)27(11-3)41(53)57-19-33-35(47)37(49)39(51)43(59-33)61-44-40(52)38(50)36(48)34(60-44)20-58-42(54)28(12-4)30(46)16-24-14-26(24)18-32(56-8)22(6)10-2;1-5-12(3)17(38-4)9-14-7-13(14)8-16(30)15(6-2)26(37)39-11-19-21(32)23(34)25(36)28(41-19)42-27-24(35)22(33)20(31)18(10-29)40-27;1-6-13(3)19(24-5)11-8-14(4)17-12-15(17)9-10-18(21)16(7-2)20(22)23;1-5-12(3)17(20)9-7-13(4)16-11-14(16)8-10-18(21)15(6-2)19(22)23/h21-40,43-52H,9-20H2,1-8H3;12-25,27-36H,5-11H2,1-4H3;13-19,21H,6-12H2,1-5H3,(H,22,23);12-16,18,21H,5-11H2,1-4H3,(H,22,23)/t21-,22-,23-,24-,25+,26+,27+,28+,29+,30+,31-,32-,33?,34?,35?,36?,37?,38?,39?,40?,43?,44?;12-,13-,14+,15+,16+,17-,18?,19?,20?,21?,22?,23?,24?,25?,27?,28?;13-,14-,15?,16+,17?,18+,19-;12-,13-,14?,15+,16?,18+/m0000/s1. The van der Waals surface area contributed by atoms with Crippen LogP contribution in [0.5, 0.6) is 0 Å². The molecule has 0 spiro atoms. The fourth-order valence-electron chi connectivity index (χ4n) is 22.6. The lowest BCUT2D eigenvalue weighted by Crippen LogP contribution is -2.64. The highest BCUT2D eigenvalue weighted by Crippen LogP contribution is 2.53. The van der Waals surface area contributed by atoms with Crippen LogP contribution in [0, 0.1) is 130 Å². The quantitative estimate of drug-likeness (QED) is 0.0205. The van der Waals surface area contributed by atoms with E-state index in [4.69, 9.17) is 71.8 Å². The third-order valence-corrected chi connectivity index (χ3v) is 35.4. The van der Waals surface area contributed by atoms with Crippen molar-refractivity contribution in [3.63, 3.8) is 0 Å². The number of carboxylic acids is 2. The fourth-order valence-corrected chi connectivity index (χ4v) is 22.6. The largest absolute Gasteiger partial charge is 0.481 e. The molecule has 878 valence electrons. The predicted octanol–water partition coefficient (Wildman–Crippen LogP) is 7.71. The minimum absolute atomic E-state index is 0.128. The summed E-state index contributed by atoms with van der Waals surface area (Å²) < 4.78 is 72.1. The molecule has 4 aliphatic heterocycles. The summed E-state index contributed by atoms with van der Waals surface area (Å²) >= 11 is 0. The monoisotopic (exact) mass is 2160 g/mol. The van der Waals surface area contributed by atoms with Crippen molar-refractivity contribution < 1.29 is 192 Å². The first-order valence-electron chi connectivity index (χ1n) is 56.7. The number of ketones is 1. The van der Waals surface area contributed by atoms with E-state index in [1.807, 2.05) is 21.0 Å². The van der Waals surface area contributed by atoms with Gasteiger partial charge in [0, 0.05) is 40.8 Å². The highest BCUT2D eigenvalue weighted by Gasteiger charge is 2.56. The predicted molar refractivity (Wildman–Crippen MR) is 549 cm³/mol. The SMILES string of the molecule is CC[C@H](C)C(=O)CC[C@H](C)C1CC1CC[C@@H](O)[C@@H](CC)C(=O)O.CC[C@H](C)[C@H](CC[C@H](C)C1CC1CC[C@@H](O)[C@@H](CC)C(=O)O)OC.CC[C@H](C)[C@H](C[C@H]1C[C@H]1C[C@@H](O)[C@@H](CC)C(=O)OCC1OC(OC2OC(CO)C(O)C(O)C2O)C(O)C(O)C1O)OC.CC[C@H](C)[C@H](C[C@H]1C[C@H]1C[C@@H](O)[C@@H](CC)C(=O)OCC1OC(OC2OC(COC(=O)[C@H](CC)[C@H](O)C[C@@H]3C[C@@H]3C[C@H](OC)[C@@H](C)CC)C(O)C(O)C2O)C(O)C(O)C1O)OC. The molecule has 0 aromatic heterocycles. The smallest absolute Gasteiger partial charge is 0.311 e. The molecular weight excluding hydrogens is 1960 g/mol. The molecule has 0 aromatic rings. The van der Waals surface area contributed by atoms with Crippen molar-refractivity contribution in [3.8, 4) is 0 Å². The van der Waals surface area contributed by atoms with E-state index in [-0.39, 0.29) is 54.8 Å². The van der Waals surface area contributed by atoms with Crippen LogP contribution in [0.4, 0.5) is 0 Å². The lowest BCUT2D eigenvalue weighted by molar-refractivity contribution is -0.376. The summed E-state index contributed by atoms with van der Waals surface area (Å²) in [5.74, 6) is 0.552. The van der Waals surface area contributed by atoms with Crippen molar-refractivity contribution in [3.05, 3.63) is 0 Å². The number of carbonyl (C=O) groups excluding carboxylic acids is 4. The Bertz CT molecular complexity index is 3700. The molecule has 20 N–H and O–H groups in total. The second-order valence-electron chi connectivity index (χ2n) is 45.6. The topological polar surface area (TPSA) is 627 Å². The number of aliphatic hydroxyl groups excluding tert-OH is 18. The fraction of sp³-hybridized carbons (Fsp3) is 0.946. The van der Waals surface area contributed by atoms with Crippen LogP contribution in [0.25, 0.3) is 0 Å². The molecule has 9 aliphatic rings. The summed E-state index contributed by atoms with van der Waals surface area (Å²) in [4.78, 5) is 73.3. The van der Waals surface area contributed by atoms with E-state index < -0.39 is 239 Å². The Labute approximate surface area is 890 Å². The number of esters is 3. The molecule has 0 radical (unpaired) electrons. The minimum Gasteiger partial charge on any atom is -0.481 e. The molecule has 9 fully saturated rings. The van der Waals surface area contributed by atoms with Crippen molar-refractivity contribution in [1.29, 1.82) is 0 Å². The number of carboxylic acid groups (broad SMARTS) is 2. The van der Waals surface area contributed by atoms with Crippen LogP contribution >= 0.6 is 0 Å². The summed E-state index contributed by atoms with van der Waals surface area (Å²) in [7, 11) is 6.94. The average molecular weight is 2160 g/mol. The molecule has 39 heteroatoms. The van der Waals surface area contributed by atoms with Crippen LogP contribution in [-0.4, -0.2) is 370 Å². The third-order valence-electron chi connectivity index (χ3n) is 35.4. The van der Waals surface area contributed by atoms with E-state index >= 15 is 0 Å². The summed E-state index contributed by atoms with van der Waals surface area (Å²) in [6, 6.07) is 0. The number of hydrogen-bond donors (Lipinski definition) is 20. The van der Waals surface area contributed by atoms with Crippen LogP contribution in [-0.2, 0) is 90.3 Å². The molecule has 150 heavy (non-hydrogen) atoms. The zero-order valence-electron chi connectivity index (χ0n) is 93.5.